The maximum absolute atomic E-state index is 12.4. The fraction of sp³-hybridized carbons (Fsp3) is 0.222. The van der Waals surface area contributed by atoms with Crippen molar-refractivity contribution in [2.45, 2.75) is 17.6 Å². The molecule has 15 heavy (non-hydrogen) atoms. The van der Waals surface area contributed by atoms with Gasteiger partial charge in [0.2, 0.25) is 5.04 Å². The lowest BCUT2D eigenvalue weighted by molar-refractivity contribution is -0.0559. The van der Waals surface area contributed by atoms with Crippen LogP contribution in [0.1, 0.15) is 5.56 Å². The second-order valence-corrected chi connectivity index (χ2v) is 4.36. The van der Waals surface area contributed by atoms with Crippen molar-refractivity contribution in [3.05, 3.63) is 29.8 Å². The average Bonchev–Trinajstić information content (AvgIpc) is 2.16. The molecule has 0 saturated carbocycles. The fourth-order valence-corrected chi connectivity index (χ4v) is 2.50. The molecule has 0 fully saturated rings. The van der Waals surface area contributed by atoms with Gasteiger partial charge in [-0.3, -0.25) is 4.99 Å². The summed E-state index contributed by atoms with van der Waals surface area (Å²) in [6, 6.07) is 6.32. The first kappa shape index (κ1) is 10.4. The summed E-state index contributed by atoms with van der Waals surface area (Å²) in [5.41, 5.74) is 0.587. The van der Waals surface area contributed by atoms with Gasteiger partial charge in [0.15, 0.2) is 0 Å². The van der Waals surface area contributed by atoms with Crippen LogP contribution in [0.15, 0.2) is 34.2 Å². The SMILES string of the molecule is O=S1C(C(F)(F)F)=NCc2ccccc21. The van der Waals surface area contributed by atoms with Crippen LogP contribution in [-0.2, 0) is 17.3 Å². The minimum atomic E-state index is -4.61. The van der Waals surface area contributed by atoms with Crippen LogP contribution in [0.3, 0.4) is 0 Å². The van der Waals surface area contributed by atoms with Crippen LogP contribution in [0.2, 0.25) is 0 Å². The minimum absolute atomic E-state index is 0.0588. The highest BCUT2D eigenvalue weighted by Gasteiger charge is 2.42. The van der Waals surface area contributed by atoms with Gasteiger partial charge in [-0.2, -0.15) is 13.2 Å². The monoisotopic (exact) mass is 233 g/mol. The fourth-order valence-electron chi connectivity index (χ4n) is 1.33. The predicted molar refractivity (Wildman–Crippen MR) is 50.0 cm³/mol. The van der Waals surface area contributed by atoms with Crippen molar-refractivity contribution in [2.24, 2.45) is 4.99 Å². The molecular weight excluding hydrogens is 227 g/mol. The molecule has 1 atom stereocenters. The molecule has 2 nitrogen and oxygen atoms in total. The first-order valence-corrected chi connectivity index (χ1v) is 5.26. The Labute approximate surface area is 86.3 Å². The van der Waals surface area contributed by atoms with E-state index in [1.54, 1.807) is 18.2 Å². The third-order valence-corrected chi connectivity index (χ3v) is 3.49. The molecule has 1 unspecified atom stereocenters. The van der Waals surface area contributed by atoms with E-state index in [0.29, 0.717) is 5.56 Å². The molecular formula is C9H6F3NOS. The number of alkyl halides is 3. The maximum Gasteiger partial charge on any atom is 0.442 e. The van der Waals surface area contributed by atoms with Gasteiger partial charge in [0.1, 0.15) is 10.8 Å². The molecule has 1 aliphatic rings. The molecule has 0 amide bonds. The van der Waals surface area contributed by atoms with E-state index in [1.807, 2.05) is 0 Å². The van der Waals surface area contributed by atoms with E-state index in [4.69, 9.17) is 0 Å². The van der Waals surface area contributed by atoms with Gasteiger partial charge in [-0.25, -0.2) is 4.21 Å². The molecule has 6 heteroatoms. The van der Waals surface area contributed by atoms with Crippen molar-refractivity contribution in [1.82, 2.24) is 0 Å². The molecule has 1 heterocycles. The van der Waals surface area contributed by atoms with Crippen molar-refractivity contribution in [1.29, 1.82) is 0 Å². The molecule has 1 aromatic rings. The topological polar surface area (TPSA) is 29.4 Å². The van der Waals surface area contributed by atoms with Crippen molar-refractivity contribution in [3.8, 4) is 0 Å². The van der Waals surface area contributed by atoms with Crippen LogP contribution in [0, 0.1) is 0 Å². The molecule has 0 aromatic heterocycles. The predicted octanol–water partition coefficient (Wildman–Crippen LogP) is 2.27. The van der Waals surface area contributed by atoms with Gasteiger partial charge >= 0.3 is 6.18 Å². The van der Waals surface area contributed by atoms with E-state index < -0.39 is 22.0 Å². The number of rotatable bonds is 0. The largest absolute Gasteiger partial charge is 0.442 e. The van der Waals surface area contributed by atoms with E-state index in [0.717, 1.165) is 0 Å². The Bertz CT molecular complexity index is 453. The second-order valence-electron chi connectivity index (χ2n) is 3.00. The summed E-state index contributed by atoms with van der Waals surface area (Å²) in [4.78, 5) is 3.52. The standard InChI is InChI=1S/C9H6F3NOS/c10-9(11,12)8-13-5-6-3-1-2-4-7(6)15(8)14/h1-4H,5H2. The lowest BCUT2D eigenvalue weighted by Gasteiger charge is -2.16. The van der Waals surface area contributed by atoms with Crippen LogP contribution < -0.4 is 0 Å². The van der Waals surface area contributed by atoms with Crippen LogP contribution in [0.4, 0.5) is 13.2 Å². The molecule has 1 aliphatic heterocycles. The molecule has 2 rings (SSSR count). The van der Waals surface area contributed by atoms with Crippen molar-refractivity contribution >= 4 is 15.8 Å². The quantitative estimate of drug-likeness (QED) is 0.675. The highest BCUT2D eigenvalue weighted by molar-refractivity contribution is 8.01. The summed E-state index contributed by atoms with van der Waals surface area (Å²) in [5.74, 6) is 0. The molecule has 80 valence electrons. The number of benzene rings is 1. The zero-order chi connectivity index (χ0) is 11.1. The summed E-state index contributed by atoms with van der Waals surface area (Å²) >= 11 is 0. The van der Waals surface area contributed by atoms with E-state index in [2.05, 4.69) is 4.99 Å². The van der Waals surface area contributed by atoms with Crippen LogP contribution in [-0.4, -0.2) is 15.4 Å². The van der Waals surface area contributed by atoms with Crippen LogP contribution in [0.5, 0.6) is 0 Å². The van der Waals surface area contributed by atoms with Crippen molar-refractivity contribution < 1.29 is 17.4 Å². The second kappa shape index (κ2) is 3.44. The summed E-state index contributed by atoms with van der Waals surface area (Å²) in [6.07, 6.45) is -4.61. The number of aliphatic imine (C=N–C) groups is 1. The summed E-state index contributed by atoms with van der Waals surface area (Å²) in [5, 5.41) is -1.19. The van der Waals surface area contributed by atoms with Crippen LogP contribution in [0.25, 0.3) is 0 Å². The Morgan fingerprint density at radius 2 is 1.93 bits per heavy atom. The van der Waals surface area contributed by atoms with Crippen molar-refractivity contribution in [3.63, 3.8) is 0 Å². The van der Waals surface area contributed by atoms with E-state index in [9.17, 15) is 17.4 Å². The van der Waals surface area contributed by atoms with Gasteiger partial charge in [0, 0.05) is 0 Å². The summed E-state index contributed by atoms with van der Waals surface area (Å²) in [7, 11) is -2.20. The Morgan fingerprint density at radius 3 is 2.60 bits per heavy atom. The number of halogens is 3. The van der Waals surface area contributed by atoms with E-state index in [-0.39, 0.29) is 11.4 Å². The highest BCUT2D eigenvalue weighted by atomic mass is 32.2. The lowest BCUT2D eigenvalue weighted by atomic mass is 10.2. The number of nitrogens with zero attached hydrogens (tertiary/aromatic N) is 1. The van der Waals surface area contributed by atoms with Gasteiger partial charge in [0.05, 0.1) is 11.4 Å². The molecule has 0 N–H and O–H groups in total. The van der Waals surface area contributed by atoms with Crippen LogP contribution >= 0.6 is 0 Å². The van der Waals surface area contributed by atoms with Gasteiger partial charge in [0.25, 0.3) is 0 Å². The number of hydrogen-bond acceptors (Lipinski definition) is 2. The van der Waals surface area contributed by atoms with Gasteiger partial charge in [-0.05, 0) is 11.6 Å². The first-order chi connectivity index (χ1) is 7.00. The smallest absolute Gasteiger partial charge is 0.267 e. The first-order valence-electron chi connectivity index (χ1n) is 4.11. The van der Waals surface area contributed by atoms with Crippen molar-refractivity contribution in [2.75, 3.05) is 0 Å². The molecule has 0 saturated heterocycles. The molecule has 0 bridgehead atoms. The highest BCUT2D eigenvalue weighted by Crippen LogP contribution is 2.28. The van der Waals surface area contributed by atoms with Gasteiger partial charge in [-0.1, -0.05) is 18.2 Å². The van der Waals surface area contributed by atoms with E-state index in [1.165, 1.54) is 6.07 Å². The molecule has 0 radical (unpaired) electrons. The Kier molecular flexibility index (Phi) is 2.38. The number of fused-ring (bicyclic) bond motifs is 1. The Morgan fingerprint density at radius 1 is 1.27 bits per heavy atom. The Hall–Kier alpha value is -1.17. The van der Waals surface area contributed by atoms with Gasteiger partial charge in [-0.15, -0.1) is 0 Å². The van der Waals surface area contributed by atoms with Gasteiger partial charge < -0.3 is 0 Å². The normalized spacial score (nSPS) is 20.7. The lowest BCUT2D eigenvalue weighted by Crippen LogP contribution is -2.30. The average molecular weight is 233 g/mol. The zero-order valence-electron chi connectivity index (χ0n) is 7.41. The molecule has 1 aromatic carbocycles. The third-order valence-electron chi connectivity index (χ3n) is 1.98. The molecule has 0 spiro atoms. The molecule has 0 aliphatic carbocycles. The summed E-state index contributed by atoms with van der Waals surface area (Å²) < 4.78 is 48.6. The number of hydrogen-bond donors (Lipinski definition) is 0. The minimum Gasteiger partial charge on any atom is -0.267 e. The van der Waals surface area contributed by atoms with E-state index >= 15 is 0 Å². The zero-order valence-corrected chi connectivity index (χ0v) is 8.23. The maximum atomic E-state index is 12.4. The Balaban J connectivity index is 2.47. The third kappa shape index (κ3) is 1.81. The summed E-state index contributed by atoms with van der Waals surface area (Å²) in [6.45, 7) is -0.0588.